The van der Waals surface area contributed by atoms with Gasteiger partial charge in [0.25, 0.3) is 22.2 Å². The fourth-order valence-electron chi connectivity index (χ4n) is 1.14. The summed E-state index contributed by atoms with van der Waals surface area (Å²) in [6.45, 7) is 0. The maximum Gasteiger partial charge on any atom is 0.276 e. The Kier molecular flexibility index (Phi) is 1.50. The zero-order valence-corrected chi connectivity index (χ0v) is 6.63. The molecule has 0 saturated heterocycles. The van der Waals surface area contributed by atoms with Crippen molar-refractivity contribution in [2.24, 2.45) is 0 Å². The number of hydrogen-bond donors (Lipinski definition) is 4. The lowest BCUT2D eigenvalue weighted by atomic mass is 10.3. The summed E-state index contributed by atoms with van der Waals surface area (Å²) >= 11 is 0. The molecule has 2 aromatic heterocycles. The molecule has 0 radical (unpaired) electrons. The number of aromatic nitrogens is 4. The zero-order valence-electron chi connectivity index (χ0n) is 6.63. The van der Waals surface area contributed by atoms with E-state index >= 15 is 0 Å². The highest BCUT2D eigenvalue weighted by atomic mass is 16.2. The van der Waals surface area contributed by atoms with Crippen LogP contribution in [0.2, 0.25) is 0 Å². The fraction of sp³-hybridized carbons (Fsp3) is 0. The molecule has 14 heavy (non-hydrogen) atoms. The third-order valence-electron chi connectivity index (χ3n) is 1.74. The molecule has 4 N–H and O–H groups in total. The first-order chi connectivity index (χ1) is 6.61. The van der Waals surface area contributed by atoms with Crippen LogP contribution in [0.4, 0.5) is 0 Å². The van der Waals surface area contributed by atoms with E-state index in [9.17, 15) is 19.2 Å². The lowest BCUT2D eigenvalue weighted by molar-refractivity contribution is 0.931. The van der Waals surface area contributed by atoms with Crippen molar-refractivity contribution in [2.75, 3.05) is 0 Å². The van der Waals surface area contributed by atoms with Gasteiger partial charge in [0.15, 0.2) is 0 Å². The van der Waals surface area contributed by atoms with Gasteiger partial charge < -0.3 is 0 Å². The molecular formula is C6H4N4O4. The van der Waals surface area contributed by atoms with Gasteiger partial charge in [-0.3, -0.25) is 39.6 Å². The number of aromatic amines is 4. The molecule has 2 aromatic rings. The molecule has 0 unspecified atom stereocenters. The van der Waals surface area contributed by atoms with Crippen LogP contribution in [0.15, 0.2) is 19.2 Å². The predicted molar refractivity (Wildman–Crippen MR) is 46.4 cm³/mol. The Bertz CT molecular complexity index is 594. The summed E-state index contributed by atoms with van der Waals surface area (Å²) < 4.78 is 0. The number of hydrogen-bond acceptors (Lipinski definition) is 4. The summed E-state index contributed by atoms with van der Waals surface area (Å²) in [7, 11) is 0. The third kappa shape index (κ3) is 0.937. The molecule has 0 saturated carbocycles. The summed E-state index contributed by atoms with van der Waals surface area (Å²) in [6.07, 6.45) is 0. The zero-order chi connectivity index (χ0) is 10.3. The molecule has 0 bridgehead atoms. The average molecular weight is 196 g/mol. The smallest absolute Gasteiger partial charge is 0.267 e. The summed E-state index contributed by atoms with van der Waals surface area (Å²) in [5, 5.41) is 6.83. The minimum Gasteiger partial charge on any atom is -0.267 e. The normalized spacial score (nSPS) is 10.6. The van der Waals surface area contributed by atoms with Crippen molar-refractivity contribution in [1.82, 2.24) is 20.4 Å². The number of rotatable bonds is 0. The highest BCUT2D eigenvalue weighted by molar-refractivity contribution is 5.77. The highest BCUT2D eigenvalue weighted by Crippen LogP contribution is 1.84. The Morgan fingerprint density at radius 2 is 0.714 bits per heavy atom. The van der Waals surface area contributed by atoms with E-state index < -0.39 is 33.0 Å². The van der Waals surface area contributed by atoms with Crippen molar-refractivity contribution in [1.29, 1.82) is 0 Å². The molecule has 2 rings (SSSR count). The molecule has 0 aliphatic rings. The van der Waals surface area contributed by atoms with Gasteiger partial charge in [0.2, 0.25) is 0 Å². The van der Waals surface area contributed by atoms with E-state index in [-0.39, 0.29) is 0 Å². The second kappa shape index (κ2) is 2.55. The quantitative estimate of drug-likeness (QED) is 0.373. The standard InChI is InChI=1S/C6H4N4O4/c11-3-1-2(5(13)9-7-3)6(14)10-8-4(1)12/h(H,7,11)(H,8,12)(H,9,13)(H,10,14). The predicted octanol–water partition coefficient (Wildman–Crippen LogP) is -2.41. The second-order valence-electron chi connectivity index (χ2n) is 2.57. The largest absolute Gasteiger partial charge is 0.276 e. The van der Waals surface area contributed by atoms with Crippen LogP contribution < -0.4 is 22.2 Å². The van der Waals surface area contributed by atoms with Crippen LogP contribution in [0, 0.1) is 0 Å². The van der Waals surface area contributed by atoms with Gasteiger partial charge in [-0.05, 0) is 0 Å². The minimum atomic E-state index is -0.813. The minimum absolute atomic E-state index is 0.475. The molecule has 8 nitrogen and oxygen atoms in total. The van der Waals surface area contributed by atoms with Crippen molar-refractivity contribution in [3.8, 4) is 0 Å². The van der Waals surface area contributed by atoms with Gasteiger partial charge in [-0.1, -0.05) is 0 Å². The van der Waals surface area contributed by atoms with Crippen LogP contribution in [0.3, 0.4) is 0 Å². The van der Waals surface area contributed by atoms with E-state index in [0.717, 1.165) is 0 Å². The molecule has 0 spiro atoms. The maximum absolute atomic E-state index is 11.1. The van der Waals surface area contributed by atoms with Gasteiger partial charge in [-0.15, -0.1) is 0 Å². The molecule has 2 heterocycles. The van der Waals surface area contributed by atoms with Crippen LogP contribution in [0.5, 0.6) is 0 Å². The van der Waals surface area contributed by atoms with Crippen LogP contribution in [-0.4, -0.2) is 20.4 Å². The van der Waals surface area contributed by atoms with Crippen molar-refractivity contribution >= 4 is 10.8 Å². The van der Waals surface area contributed by atoms with Crippen LogP contribution in [-0.2, 0) is 0 Å². The van der Waals surface area contributed by atoms with Crippen molar-refractivity contribution in [3.05, 3.63) is 41.4 Å². The van der Waals surface area contributed by atoms with Crippen LogP contribution >= 0.6 is 0 Å². The molecule has 72 valence electrons. The first-order valence-corrected chi connectivity index (χ1v) is 3.57. The van der Waals surface area contributed by atoms with Crippen LogP contribution in [0.1, 0.15) is 0 Å². The summed E-state index contributed by atoms with van der Waals surface area (Å²) in [4.78, 5) is 44.4. The maximum atomic E-state index is 11.1. The second-order valence-corrected chi connectivity index (χ2v) is 2.57. The Morgan fingerprint density at radius 1 is 0.500 bits per heavy atom. The molecule has 0 fully saturated rings. The molecule has 0 aliphatic carbocycles. The van der Waals surface area contributed by atoms with Crippen molar-refractivity contribution in [3.63, 3.8) is 0 Å². The first-order valence-electron chi connectivity index (χ1n) is 3.57. The number of nitrogens with one attached hydrogen (secondary N) is 4. The number of H-pyrrole nitrogens is 4. The Balaban J connectivity index is 3.41. The Hall–Kier alpha value is -2.38. The molecule has 0 aliphatic heterocycles. The molecule has 8 heteroatoms. The van der Waals surface area contributed by atoms with E-state index in [2.05, 4.69) is 0 Å². The molecule has 0 aromatic carbocycles. The topological polar surface area (TPSA) is 131 Å². The molecular weight excluding hydrogens is 192 g/mol. The molecule has 0 atom stereocenters. The molecule has 0 amide bonds. The van der Waals surface area contributed by atoms with Gasteiger partial charge in [0.1, 0.15) is 10.8 Å². The summed E-state index contributed by atoms with van der Waals surface area (Å²) in [5.41, 5.74) is -3.25. The van der Waals surface area contributed by atoms with Gasteiger partial charge in [-0.2, -0.15) is 0 Å². The van der Waals surface area contributed by atoms with Crippen LogP contribution in [0.25, 0.3) is 10.8 Å². The van der Waals surface area contributed by atoms with Crippen molar-refractivity contribution in [2.45, 2.75) is 0 Å². The van der Waals surface area contributed by atoms with Gasteiger partial charge in [-0.25, -0.2) is 0 Å². The lowest BCUT2D eigenvalue weighted by Crippen LogP contribution is -2.32. The first kappa shape index (κ1) is 8.23. The van der Waals surface area contributed by atoms with E-state index in [1.165, 1.54) is 0 Å². The summed E-state index contributed by atoms with van der Waals surface area (Å²) in [5.74, 6) is 0. The highest BCUT2D eigenvalue weighted by Gasteiger charge is 2.09. The Morgan fingerprint density at radius 3 is 0.929 bits per heavy atom. The van der Waals surface area contributed by atoms with E-state index in [4.69, 9.17) is 0 Å². The van der Waals surface area contributed by atoms with Gasteiger partial charge in [0.05, 0.1) is 0 Å². The SMILES string of the molecule is O=c1[nH][nH]c(=O)c2c(=O)[nH][nH]c(=O)c12. The van der Waals surface area contributed by atoms with Gasteiger partial charge in [0, 0.05) is 0 Å². The fourth-order valence-corrected chi connectivity index (χ4v) is 1.14. The average Bonchev–Trinajstić information content (AvgIpc) is 2.16. The van der Waals surface area contributed by atoms with E-state index in [1.54, 1.807) is 0 Å². The Labute approximate surface area is 73.6 Å². The number of fused-ring (bicyclic) bond motifs is 1. The lowest BCUT2D eigenvalue weighted by Gasteiger charge is -1.91. The third-order valence-corrected chi connectivity index (χ3v) is 1.74. The van der Waals surface area contributed by atoms with E-state index in [0.29, 0.717) is 0 Å². The monoisotopic (exact) mass is 196 g/mol. The van der Waals surface area contributed by atoms with Crippen molar-refractivity contribution < 1.29 is 0 Å². The van der Waals surface area contributed by atoms with E-state index in [1.807, 2.05) is 20.4 Å². The van der Waals surface area contributed by atoms with Gasteiger partial charge >= 0.3 is 0 Å². The summed E-state index contributed by atoms with van der Waals surface area (Å²) in [6, 6.07) is 0.